The predicted molar refractivity (Wildman–Crippen MR) is 72.4 cm³/mol. The van der Waals surface area contributed by atoms with Crippen molar-refractivity contribution in [1.82, 2.24) is 5.32 Å². The molecule has 0 aliphatic carbocycles. The van der Waals surface area contributed by atoms with Crippen molar-refractivity contribution in [2.24, 2.45) is 4.99 Å². The molecule has 0 saturated carbocycles. The van der Waals surface area contributed by atoms with Gasteiger partial charge in [-0.3, -0.25) is 4.99 Å². The molecule has 0 saturated heterocycles. The molecular formula is C11H14N2O4S2. The summed E-state index contributed by atoms with van der Waals surface area (Å²) in [6, 6.07) is -0.289. The standard InChI is InChI=1S/C11H14N2O4S2/c14-18(15)5-1-2-10(18)11-4-3-9(19(11,16)17)8-6-12-7-13-8/h1,3-5,7-11H,2,6H2,(H,12,13). The fourth-order valence-electron chi connectivity index (χ4n) is 2.76. The van der Waals surface area contributed by atoms with Gasteiger partial charge in [0.05, 0.1) is 29.4 Å². The normalized spacial score (nSPS) is 41.7. The lowest BCUT2D eigenvalue weighted by Crippen LogP contribution is -2.45. The van der Waals surface area contributed by atoms with Crippen LogP contribution in [0.15, 0.2) is 28.6 Å². The SMILES string of the molecule is O=S1(=O)C=CCC1C1C=CC(C2CN=CN2)S1(=O)=O. The fourth-order valence-corrected chi connectivity index (χ4v) is 7.26. The Labute approximate surface area is 112 Å². The summed E-state index contributed by atoms with van der Waals surface area (Å²) in [5.41, 5.74) is 0. The van der Waals surface area contributed by atoms with E-state index in [1.54, 1.807) is 6.08 Å². The number of nitrogens with one attached hydrogen (secondary N) is 1. The molecule has 3 aliphatic rings. The number of nitrogens with zero attached hydrogens (tertiary/aromatic N) is 1. The summed E-state index contributed by atoms with van der Waals surface area (Å²) < 4.78 is 48.7. The first-order valence-corrected chi connectivity index (χ1v) is 9.20. The molecule has 0 aromatic carbocycles. The van der Waals surface area contributed by atoms with Gasteiger partial charge in [-0.15, -0.1) is 0 Å². The molecule has 6 nitrogen and oxygen atoms in total. The molecule has 4 unspecified atom stereocenters. The number of sulfone groups is 2. The van der Waals surface area contributed by atoms with Gasteiger partial charge in [-0.1, -0.05) is 18.2 Å². The number of rotatable bonds is 2. The van der Waals surface area contributed by atoms with Gasteiger partial charge in [0, 0.05) is 5.41 Å². The third-order valence-corrected chi connectivity index (χ3v) is 8.33. The molecule has 8 heteroatoms. The molecule has 0 radical (unpaired) electrons. The molecule has 0 aromatic heterocycles. The van der Waals surface area contributed by atoms with Crippen molar-refractivity contribution >= 4 is 26.0 Å². The highest BCUT2D eigenvalue weighted by Gasteiger charge is 2.48. The van der Waals surface area contributed by atoms with Gasteiger partial charge in [-0.25, -0.2) is 16.8 Å². The lowest BCUT2D eigenvalue weighted by atomic mass is 10.1. The Bertz CT molecular complexity index is 667. The molecule has 0 fully saturated rings. The van der Waals surface area contributed by atoms with Crippen molar-refractivity contribution in [3.63, 3.8) is 0 Å². The molecule has 0 spiro atoms. The fraction of sp³-hybridized carbons (Fsp3) is 0.545. The van der Waals surface area contributed by atoms with Crippen LogP contribution in [0.25, 0.3) is 0 Å². The van der Waals surface area contributed by atoms with Crippen molar-refractivity contribution < 1.29 is 16.8 Å². The Morgan fingerprint density at radius 3 is 2.42 bits per heavy atom. The van der Waals surface area contributed by atoms with Gasteiger partial charge in [-0.2, -0.15) is 0 Å². The Kier molecular flexibility index (Phi) is 2.82. The van der Waals surface area contributed by atoms with Gasteiger partial charge in [0.15, 0.2) is 19.7 Å². The third-order valence-electron chi connectivity index (χ3n) is 3.77. The monoisotopic (exact) mass is 302 g/mol. The molecule has 4 atom stereocenters. The second kappa shape index (κ2) is 4.17. The minimum atomic E-state index is -3.54. The molecular weight excluding hydrogens is 288 g/mol. The summed E-state index contributed by atoms with van der Waals surface area (Å²) in [7, 11) is -6.99. The molecule has 0 bridgehead atoms. The number of hydrogen-bond acceptors (Lipinski definition) is 6. The van der Waals surface area contributed by atoms with E-state index in [0.29, 0.717) is 6.54 Å². The zero-order valence-electron chi connectivity index (χ0n) is 10.0. The van der Waals surface area contributed by atoms with Crippen LogP contribution in [-0.2, 0) is 19.7 Å². The number of allylic oxidation sites excluding steroid dienone is 1. The minimum Gasteiger partial charge on any atom is -0.370 e. The molecule has 3 aliphatic heterocycles. The lowest BCUT2D eigenvalue weighted by Gasteiger charge is -2.22. The van der Waals surface area contributed by atoms with Crippen LogP contribution in [0.1, 0.15) is 6.42 Å². The largest absolute Gasteiger partial charge is 0.370 e. The highest BCUT2D eigenvalue weighted by Crippen LogP contribution is 2.33. The molecule has 1 N–H and O–H groups in total. The van der Waals surface area contributed by atoms with E-state index in [0.717, 1.165) is 5.41 Å². The summed E-state index contributed by atoms with van der Waals surface area (Å²) in [5, 5.41) is 1.50. The Balaban J connectivity index is 1.89. The van der Waals surface area contributed by atoms with Crippen LogP contribution in [0.2, 0.25) is 0 Å². The van der Waals surface area contributed by atoms with E-state index in [1.165, 1.54) is 18.5 Å². The average Bonchev–Trinajstić information content (AvgIpc) is 2.98. The Morgan fingerprint density at radius 2 is 1.84 bits per heavy atom. The summed E-state index contributed by atoms with van der Waals surface area (Å²) in [6.07, 6.45) is 6.40. The maximum Gasteiger partial charge on any atom is 0.176 e. The van der Waals surface area contributed by atoms with E-state index in [4.69, 9.17) is 0 Å². The zero-order chi connectivity index (χ0) is 13.7. The zero-order valence-corrected chi connectivity index (χ0v) is 11.6. The first kappa shape index (κ1) is 12.9. The summed E-state index contributed by atoms with van der Waals surface area (Å²) >= 11 is 0. The van der Waals surface area contributed by atoms with Crippen molar-refractivity contribution in [3.8, 4) is 0 Å². The van der Waals surface area contributed by atoms with Gasteiger partial charge in [-0.05, 0) is 6.42 Å². The predicted octanol–water partition coefficient (Wildman–Crippen LogP) is -0.591. The second-order valence-corrected chi connectivity index (χ2v) is 9.23. The van der Waals surface area contributed by atoms with Gasteiger partial charge < -0.3 is 5.32 Å². The van der Waals surface area contributed by atoms with E-state index in [2.05, 4.69) is 10.3 Å². The van der Waals surface area contributed by atoms with Gasteiger partial charge >= 0.3 is 0 Å². The van der Waals surface area contributed by atoms with Crippen molar-refractivity contribution in [2.45, 2.75) is 28.2 Å². The molecule has 19 heavy (non-hydrogen) atoms. The van der Waals surface area contributed by atoms with Gasteiger partial charge in [0.25, 0.3) is 0 Å². The van der Waals surface area contributed by atoms with Crippen LogP contribution in [-0.4, -0.2) is 51.5 Å². The van der Waals surface area contributed by atoms with Crippen LogP contribution < -0.4 is 5.32 Å². The van der Waals surface area contributed by atoms with Gasteiger partial charge in [0.1, 0.15) is 5.25 Å². The van der Waals surface area contributed by atoms with Crippen LogP contribution in [0, 0.1) is 0 Å². The molecule has 3 heterocycles. The lowest BCUT2D eigenvalue weighted by molar-refractivity contribution is 0.557. The summed E-state index contributed by atoms with van der Waals surface area (Å²) in [5.74, 6) is 0. The van der Waals surface area contributed by atoms with Crippen LogP contribution in [0.4, 0.5) is 0 Å². The van der Waals surface area contributed by atoms with Crippen LogP contribution >= 0.6 is 0 Å². The first-order valence-electron chi connectivity index (χ1n) is 5.99. The van der Waals surface area contributed by atoms with Crippen LogP contribution in [0.3, 0.4) is 0 Å². The Morgan fingerprint density at radius 1 is 1.11 bits per heavy atom. The number of aliphatic imine (C=N–C) groups is 1. The average molecular weight is 302 g/mol. The van der Waals surface area contributed by atoms with E-state index in [9.17, 15) is 16.8 Å². The summed E-state index contributed by atoms with van der Waals surface area (Å²) in [4.78, 5) is 3.96. The topological polar surface area (TPSA) is 92.7 Å². The van der Waals surface area contributed by atoms with E-state index in [-0.39, 0.29) is 12.5 Å². The highest BCUT2D eigenvalue weighted by molar-refractivity contribution is 7.98. The van der Waals surface area contributed by atoms with E-state index < -0.39 is 35.4 Å². The third kappa shape index (κ3) is 1.93. The second-order valence-electron chi connectivity index (χ2n) is 4.91. The maximum atomic E-state index is 12.5. The number of hydrogen-bond donors (Lipinski definition) is 1. The molecule has 0 aromatic rings. The highest BCUT2D eigenvalue weighted by atomic mass is 32.2. The van der Waals surface area contributed by atoms with E-state index >= 15 is 0 Å². The van der Waals surface area contributed by atoms with Gasteiger partial charge in [0.2, 0.25) is 0 Å². The van der Waals surface area contributed by atoms with Crippen molar-refractivity contribution in [2.75, 3.05) is 6.54 Å². The molecule has 0 amide bonds. The maximum absolute atomic E-state index is 12.5. The van der Waals surface area contributed by atoms with E-state index in [1.807, 2.05) is 0 Å². The summed E-state index contributed by atoms with van der Waals surface area (Å²) in [6.45, 7) is 0.399. The van der Waals surface area contributed by atoms with Crippen molar-refractivity contribution in [1.29, 1.82) is 0 Å². The van der Waals surface area contributed by atoms with Crippen LogP contribution in [0.5, 0.6) is 0 Å². The smallest absolute Gasteiger partial charge is 0.176 e. The first-order chi connectivity index (χ1) is 8.93. The quantitative estimate of drug-likeness (QED) is 0.688. The Hall–Kier alpha value is -1.15. The molecule has 104 valence electrons. The minimum absolute atomic E-state index is 0.262. The molecule has 3 rings (SSSR count). The van der Waals surface area contributed by atoms with Crippen molar-refractivity contribution in [3.05, 3.63) is 23.6 Å².